The molecule has 1 amide bonds. The number of nitrogens with zero attached hydrogens (tertiary/aromatic N) is 3. The molecule has 0 bridgehead atoms. The topological polar surface area (TPSA) is 112 Å². The number of alkyl halides is 3. The van der Waals surface area contributed by atoms with Gasteiger partial charge in [0.05, 0.1) is 12.3 Å². The van der Waals surface area contributed by atoms with Crippen LogP contribution in [0.25, 0.3) is 0 Å². The SMILES string of the molecule is CCOC(=O)c1nnn(CC(=O)NCC(F)(F)F)c1CN. The van der Waals surface area contributed by atoms with Gasteiger partial charge in [-0.05, 0) is 6.92 Å². The van der Waals surface area contributed by atoms with E-state index in [0.717, 1.165) is 4.68 Å². The van der Waals surface area contributed by atoms with Crippen LogP contribution in [0.5, 0.6) is 0 Å². The molecule has 0 aromatic carbocycles. The molecule has 118 valence electrons. The Morgan fingerprint density at radius 3 is 2.62 bits per heavy atom. The van der Waals surface area contributed by atoms with Crippen LogP contribution in [0, 0.1) is 0 Å². The van der Waals surface area contributed by atoms with Gasteiger partial charge >= 0.3 is 12.1 Å². The van der Waals surface area contributed by atoms with Crippen molar-refractivity contribution >= 4 is 11.9 Å². The van der Waals surface area contributed by atoms with Gasteiger partial charge in [0.25, 0.3) is 0 Å². The van der Waals surface area contributed by atoms with Gasteiger partial charge in [0.2, 0.25) is 5.91 Å². The van der Waals surface area contributed by atoms with Crippen LogP contribution in [0.4, 0.5) is 13.2 Å². The second-order valence-corrected chi connectivity index (χ2v) is 3.86. The zero-order chi connectivity index (χ0) is 16.0. The van der Waals surface area contributed by atoms with E-state index in [1.165, 1.54) is 0 Å². The molecule has 0 spiro atoms. The van der Waals surface area contributed by atoms with E-state index >= 15 is 0 Å². The van der Waals surface area contributed by atoms with E-state index in [4.69, 9.17) is 10.5 Å². The Labute approximate surface area is 117 Å². The number of rotatable bonds is 6. The summed E-state index contributed by atoms with van der Waals surface area (Å²) in [6.07, 6.45) is -4.51. The van der Waals surface area contributed by atoms with Crippen LogP contribution in [-0.2, 0) is 22.6 Å². The van der Waals surface area contributed by atoms with Crippen LogP contribution in [0.1, 0.15) is 23.1 Å². The smallest absolute Gasteiger partial charge is 0.405 e. The average Bonchev–Trinajstić information content (AvgIpc) is 2.78. The Kier molecular flexibility index (Phi) is 5.64. The lowest BCUT2D eigenvalue weighted by atomic mass is 10.3. The van der Waals surface area contributed by atoms with Gasteiger partial charge in [-0.15, -0.1) is 5.10 Å². The van der Waals surface area contributed by atoms with Crippen molar-refractivity contribution in [3.8, 4) is 0 Å². The van der Waals surface area contributed by atoms with E-state index < -0.39 is 31.1 Å². The third-order valence-corrected chi connectivity index (χ3v) is 2.28. The molecule has 0 aliphatic rings. The Bertz CT molecular complexity index is 515. The predicted octanol–water partition coefficient (Wildman–Crippen LogP) is -0.408. The minimum atomic E-state index is -4.51. The molecule has 0 saturated carbocycles. The number of carbonyl (C=O) groups excluding carboxylic acids is 2. The Balaban J connectivity index is 2.76. The summed E-state index contributed by atoms with van der Waals surface area (Å²) in [7, 11) is 0. The summed E-state index contributed by atoms with van der Waals surface area (Å²) < 4.78 is 41.6. The maximum Gasteiger partial charge on any atom is 0.405 e. The van der Waals surface area contributed by atoms with Crippen molar-refractivity contribution in [2.45, 2.75) is 26.2 Å². The lowest BCUT2D eigenvalue weighted by molar-refractivity contribution is -0.138. The van der Waals surface area contributed by atoms with Crippen LogP contribution in [0.15, 0.2) is 0 Å². The van der Waals surface area contributed by atoms with E-state index in [2.05, 4.69) is 10.3 Å². The fourth-order valence-corrected chi connectivity index (χ4v) is 1.41. The molecule has 1 aromatic rings. The number of ether oxygens (including phenoxy) is 1. The van der Waals surface area contributed by atoms with E-state index in [-0.39, 0.29) is 24.5 Å². The number of amides is 1. The molecule has 3 N–H and O–H groups in total. The molecule has 1 aromatic heterocycles. The molecule has 8 nitrogen and oxygen atoms in total. The Morgan fingerprint density at radius 1 is 1.43 bits per heavy atom. The van der Waals surface area contributed by atoms with E-state index in [0.29, 0.717) is 0 Å². The zero-order valence-corrected chi connectivity index (χ0v) is 11.1. The van der Waals surface area contributed by atoms with Gasteiger partial charge in [0.15, 0.2) is 5.69 Å². The standard InChI is InChI=1S/C10H14F3N5O3/c1-2-21-9(20)8-6(3-14)18(17-16-8)4-7(19)15-5-10(11,12)13/h2-5,14H2,1H3,(H,15,19). The summed E-state index contributed by atoms with van der Waals surface area (Å²) in [6, 6.07) is 0. The molecule has 0 radical (unpaired) electrons. The van der Waals surface area contributed by atoms with Crippen LogP contribution in [-0.4, -0.2) is 46.2 Å². The highest BCUT2D eigenvalue weighted by Crippen LogP contribution is 2.12. The fourth-order valence-electron chi connectivity index (χ4n) is 1.41. The van der Waals surface area contributed by atoms with E-state index in [1.807, 2.05) is 0 Å². The molecule has 0 aliphatic carbocycles. The number of carbonyl (C=O) groups is 2. The largest absolute Gasteiger partial charge is 0.461 e. The normalized spacial score (nSPS) is 11.3. The third-order valence-electron chi connectivity index (χ3n) is 2.28. The highest BCUT2D eigenvalue weighted by atomic mass is 19.4. The average molecular weight is 309 g/mol. The highest BCUT2D eigenvalue weighted by molar-refractivity contribution is 5.88. The first-order valence-corrected chi connectivity index (χ1v) is 5.91. The number of aromatic nitrogens is 3. The summed E-state index contributed by atoms with van der Waals surface area (Å²) in [5, 5.41) is 8.72. The third kappa shape index (κ3) is 5.02. The van der Waals surface area contributed by atoms with E-state index in [1.54, 1.807) is 12.2 Å². The van der Waals surface area contributed by atoms with Crippen molar-refractivity contribution in [2.75, 3.05) is 13.2 Å². The summed E-state index contributed by atoms with van der Waals surface area (Å²) >= 11 is 0. The summed E-state index contributed by atoms with van der Waals surface area (Å²) in [5.41, 5.74) is 5.37. The van der Waals surface area contributed by atoms with Gasteiger partial charge in [-0.3, -0.25) is 4.79 Å². The van der Waals surface area contributed by atoms with Gasteiger partial charge in [-0.2, -0.15) is 13.2 Å². The second kappa shape index (κ2) is 7.02. The second-order valence-electron chi connectivity index (χ2n) is 3.86. The molecule has 0 saturated heterocycles. The molecule has 11 heteroatoms. The molecule has 1 heterocycles. The molecular weight excluding hydrogens is 295 g/mol. The maximum absolute atomic E-state index is 12.0. The van der Waals surface area contributed by atoms with Gasteiger partial charge < -0.3 is 15.8 Å². The number of esters is 1. The van der Waals surface area contributed by atoms with Gasteiger partial charge in [0.1, 0.15) is 13.1 Å². The number of hydrogen-bond donors (Lipinski definition) is 2. The van der Waals surface area contributed by atoms with Crippen molar-refractivity contribution in [2.24, 2.45) is 5.73 Å². The van der Waals surface area contributed by atoms with Crippen molar-refractivity contribution < 1.29 is 27.5 Å². The number of nitrogens with one attached hydrogen (secondary N) is 1. The highest BCUT2D eigenvalue weighted by Gasteiger charge is 2.28. The minimum Gasteiger partial charge on any atom is -0.461 e. The lowest BCUT2D eigenvalue weighted by Crippen LogP contribution is -2.36. The number of hydrogen-bond acceptors (Lipinski definition) is 6. The number of nitrogens with two attached hydrogens (primary N) is 1. The van der Waals surface area contributed by atoms with Crippen molar-refractivity contribution in [3.05, 3.63) is 11.4 Å². The summed E-state index contributed by atoms with van der Waals surface area (Å²) in [5.74, 6) is -1.69. The van der Waals surface area contributed by atoms with Crippen LogP contribution < -0.4 is 11.1 Å². The monoisotopic (exact) mass is 309 g/mol. The fraction of sp³-hybridized carbons (Fsp3) is 0.600. The Hall–Kier alpha value is -2.17. The Morgan fingerprint density at radius 2 is 2.10 bits per heavy atom. The summed E-state index contributed by atoms with van der Waals surface area (Å²) in [6.45, 7) is -0.456. The quantitative estimate of drug-likeness (QED) is 0.691. The lowest BCUT2D eigenvalue weighted by Gasteiger charge is -2.09. The minimum absolute atomic E-state index is 0.107. The van der Waals surface area contributed by atoms with Crippen molar-refractivity contribution in [1.82, 2.24) is 20.3 Å². The number of halogens is 3. The molecule has 1 rings (SSSR count). The maximum atomic E-state index is 12.0. The molecule has 0 fully saturated rings. The summed E-state index contributed by atoms with van der Waals surface area (Å²) in [4.78, 5) is 22.9. The van der Waals surface area contributed by atoms with Gasteiger partial charge in [-0.1, -0.05) is 5.21 Å². The molecule has 0 unspecified atom stereocenters. The van der Waals surface area contributed by atoms with Crippen molar-refractivity contribution in [1.29, 1.82) is 0 Å². The van der Waals surface area contributed by atoms with Crippen molar-refractivity contribution in [3.63, 3.8) is 0 Å². The molecule has 0 aliphatic heterocycles. The van der Waals surface area contributed by atoms with Gasteiger partial charge in [0, 0.05) is 6.54 Å². The van der Waals surface area contributed by atoms with E-state index in [9.17, 15) is 22.8 Å². The van der Waals surface area contributed by atoms with Gasteiger partial charge in [-0.25, -0.2) is 9.48 Å². The zero-order valence-electron chi connectivity index (χ0n) is 11.1. The predicted molar refractivity (Wildman–Crippen MR) is 62.9 cm³/mol. The van der Waals surface area contributed by atoms with Crippen LogP contribution in [0.3, 0.4) is 0 Å². The van der Waals surface area contributed by atoms with Crippen LogP contribution >= 0.6 is 0 Å². The molecule has 21 heavy (non-hydrogen) atoms. The first kappa shape index (κ1) is 16.9. The molecule has 0 atom stereocenters. The first-order valence-electron chi connectivity index (χ1n) is 5.91. The molecular formula is C10H14F3N5O3. The first-order chi connectivity index (χ1) is 9.78. The van der Waals surface area contributed by atoms with Crippen LogP contribution in [0.2, 0.25) is 0 Å².